The first-order chi connectivity index (χ1) is 7.17. The Kier molecular flexibility index (Phi) is 5.66. The Hall–Kier alpha value is -0.0400. The van der Waals surface area contributed by atoms with Crippen LogP contribution in [-0.2, 0) is 0 Å². The Morgan fingerprint density at radius 2 is 2.00 bits per heavy atom. The Bertz CT molecular complexity index is 161. The average Bonchev–Trinajstić information content (AvgIpc) is 2.19. The number of hydrogen-bond acceptors (Lipinski definition) is 1. The third-order valence-electron chi connectivity index (χ3n) is 4.01. The molecule has 0 aromatic carbocycles. The van der Waals surface area contributed by atoms with Gasteiger partial charge < -0.3 is 5.32 Å². The van der Waals surface area contributed by atoms with Crippen LogP contribution in [0.3, 0.4) is 0 Å². The lowest BCUT2D eigenvalue weighted by atomic mass is 9.74. The average molecular weight is 211 g/mol. The lowest BCUT2D eigenvalue weighted by molar-refractivity contribution is 0.194. The SMILES string of the molecule is CCC(NC)C1CCCC(CC(C)C)C1. The molecule has 0 heterocycles. The molecule has 3 unspecified atom stereocenters. The predicted octanol–water partition coefficient (Wildman–Crippen LogP) is 3.84. The Balaban J connectivity index is 2.40. The van der Waals surface area contributed by atoms with Crippen molar-refractivity contribution in [1.82, 2.24) is 5.32 Å². The van der Waals surface area contributed by atoms with E-state index in [0.717, 1.165) is 23.8 Å². The summed E-state index contributed by atoms with van der Waals surface area (Å²) in [6.07, 6.45) is 8.59. The predicted molar refractivity (Wildman–Crippen MR) is 68.0 cm³/mol. The fraction of sp³-hybridized carbons (Fsp3) is 1.00. The van der Waals surface area contributed by atoms with Crippen LogP contribution in [0, 0.1) is 17.8 Å². The molecule has 15 heavy (non-hydrogen) atoms. The van der Waals surface area contributed by atoms with Gasteiger partial charge in [0, 0.05) is 6.04 Å². The molecule has 1 aliphatic rings. The van der Waals surface area contributed by atoms with Crippen LogP contribution < -0.4 is 5.32 Å². The third-order valence-corrected chi connectivity index (χ3v) is 4.01. The van der Waals surface area contributed by atoms with Gasteiger partial charge in [-0.05, 0) is 50.5 Å². The molecule has 1 nitrogen and oxygen atoms in total. The van der Waals surface area contributed by atoms with E-state index in [1.165, 1.54) is 38.5 Å². The topological polar surface area (TPSA) is 12.0 Å². The molecule has 0 spiro atoms. The van der Waals surface area contributed by atoms with E-state index in [0.29, 0.717) is 0 Å². The van der Waals surface area contributed by atoms with Crippen molar-refractivity contribution in [2.75, 3.05) is 7.05 Å². The zero-order chi connectivity index (χ0) is 11.3. The van der Waals surface area contributed by atoms with E-state index in [-0.39, 0.29) is 0 Å². The normalized spacial score (nSPS) is 29.4. The molecule has 1 N–H and O–H groups in total. The van der Waals surface area contributed by atoms with E-state index >= 15 is 0 Å². The smallest absolute Gasteiger partial charge is 0.00898 e. The first-order valence-corrected chi connectivity index (χ1v) is 6.84. The minimum absolute atomic E-state index is 0.764. The molecule has 1 aliphatic carbocycles. The van der Waals surface area contributed by atoms with Gasteiger partial charge in [0.1, 0.15) is 0 Å². The maximum Gasteiger partial charge on any atom is 0.00898 e. The van der Waals surface area contributed by atoms with Crippen LogP contribution in [0.1, 0.15) is 59.3 Å². The van der Waals surface area contributed by atoms with E-state index in [4.69, 9.17) is 0 Å². The van der Waals surface area contributed by atoms with Gasteiger partial charge in [0.2, 0.25) is 0 Å². The minimum Gasteiger partial charge on any atom is -0.317 e. The first-order valence-electron chi connectivity index (χ1n) is 6.84. The van der Waals surface area contributed by atoms with Crippen molar-refractivity contribution in [1.29, 1.82) is 0 Å². The first kappa shape index (κ1) is 13.0. The van der Waals surface area contributed by atoms with E-state index in [9.17, 15) is 0 Å². The van der Waals surface area contributed by atoms with Crippen LogP contribution >= 0.6 is 0 Å². The monoisotopic (exact) mass is 211 g/mol. The van der Waals surface area contributed by atoms with Crippen molar-refractivity contribution in [3.05, 3.63) is 0 Å². The van der Waals surface area contributed by atoms with Gasteiger partial charge in [-0.2, -0.15) is 0 Å². The highest BCUT2D eigenvalue weighted by Gasteiger charge is 2.26. The standard InChI is InChI=1S/C14H29N/c1-5-14(15-4)13-8-6-7-12(10-13)9-11(2)3/h11-15H,5-10H2,1-4H3. The third kappa shape index (κ3) is 4.14. The summed E-state index contributed by atoms with van der Waals surface area (Å²) in [5.74, 6) is 2.83. The summed E-state index contributed by atoms with van der Waals surface area (Å²) in [6, 6.07) is 0.764. The zero-order valence-electron chi connectivity index (χ0n) is 11.1. The maximum absolute atomic E-state index is 3.50. The van der Waals surface area contributed by atoms with Gasteiger partial charge >= 0.3 is 0 Å². The highest BCUT2D eigenvalue weighted by atomic mass is 14.9. The summed E-state index contributed by atoms with van der Waals surface area (Å²) in [7, 11) is 2.13. The Morgan fingerprint density at radius 1 is 1.27 bits per heavy atom. The minimum atomic E-state index is 0.764. The Labute approximate surface area is 96.0 Å². The number of hydrogen-bond donors (Lipinski definition) is 1. The summed E-state index contributed by atoms with van der Waals surface area (Å²) < 4.78 is 0. The summed E-state index contributed by atoms with van der Waals surface area (Å²) >= 11 is 0. The highest BCUT2D eigenvalue weighted by Crippen LogP contribution is 2.35. The van der Waals surface area contributed by atoms with Gasteiger partial charge in [0.25, 0.3) is 0 Å². The second-order valence-corrected chi connectivity index (χ2v) is 5.73. The van der Waals surface area contributed by atoms with Gasteiger partial charge in [-0.15, -0.1) is 0 Å². The van der Waals surface area contributed by atoms with Crippen LogP contribution in [0.15, 0.2) is 0 Å². The van der Waals surface area contributed by atoms with Gasteiger partial charge in [0.05, 0.1) is 0 Å². The molecule has 0 bridgehead atoms. The lowest BCUT2D eigenvalue weighted by Gasteiger charge is -2.34. The fourth-order valence-corrected chi connectivity index (χ4v) is 3.35. The van der Waals surface area contributed by atoms with Crippen LogP contribution in [0.25, 0.3) is 0 Å². The number of nitrogens with one attached hydrogen (secondary N) is 1. The second-order valence-electron chi connectivity index (χ2n) is 5.73. The van der Waals surface area contributed by atoms with Gasteiger partial charge in [-0.3, -0.25) is 0 Å². The molecule has 0 aromatic heterocycles. The van der Waals surface area contributed by atoms with Crippen molar-refractivity contribution in [2.45, 2.75) is 65.3 Å². The van der Waals surface area contributed by atoms with Crippen LogP contribution in [-0.4, -0.2) is 13.1 Å². The largest absolute Gasteiger partial charge is 0.317 e. The highest BCUT2D eigenvalue weighted by molar-refractivity contribution is 4.81. The molecule has 0 amide bonds. The molecule has 0 aromatic rings. The molecule has 1 heteroatoms. The van der Waals surface area contributed by atoms with Gasteiger partial charge in [-0.1, -0.05) is 33.6 Å². The van der Waals surface area contributed by atoms with E-state index < -0.39 is 0 Å². The molecule has 1 saturated carbocycles. The molecule has 1 rings (SSSR count). The van der Waals surface area contributed by atoms with E-state index in [1.807, 2.05) is 0 Å². The van der Waals surface area contributed by atoms with Crippen LogP contribution in [0.2, 0.25) is 0 Å². The molecular weight excluding hydrogens is 182 g/mol. The van der Waals surface area contributed by atoms with Crippen molar-refractivity contribution in [3.63, 3.8) is 0 Å². The molecule has 0 aliphatic heterocycles. The maximum atomic E-state index is 3.50. The molecular formula is C14H29N. The van der Waals surface area contributed by atoms with Crippen LogP contribution in [0.5, 0.6) is 0 Å². The molecule has 3 atom stereocenters. The summed E-state index contributed by atoms with van der Waals surface area (Å²) in [6.45, 7) is 7.03. The summed E-state index contributed by atoms with van der Waals surface area (Å²) in [4.78, 5) is 0. The van der Waals surface area contributed by atoms with Crippen molar-refractivity contribution < 1.29 is 0 Å². The molecule has 90 valence electrons. The Morgan fingerprint density at radius 3 is 2.53 bits per heavy atom. The molecule has 0 saturated heterocycles. The fourth-order valence-electron chi connectivity index (χ4n) is 3.35. The van der Waals surface area contributed by atoms with Crippen molar-refractivity contribution >= 4 is 0 Å². The molecule has 1 fully saturated rings. The van der Waals surface area contributed by atoms with Gasteiger partial charge in [0.15, 0.2) is 0 Å². The molecule has 0 radical (unpaired) electrons. The van der Waals surface area contributed by atoms with Crippen molar-refractivity contribution in [3.8, 4) is 0 Å². The van der Waals surface area contributed by atoms with Gasteiger partial charge in [-0.25, -0.2) is 0 Å². The quantitative estimate of drug-likeness (QED) is 0.728. The van der Waals surface area contributed by atoms with E-state index in [1.54, 1.807) is 0 Å². The summed E-state index contributed by atoms with van der Waals surface area (Å²) in [5.41, 5.74) is 0. The van der Waals surface area contributed by atoms with Crippen LogP contribution in [0.4, 0.5) is 0 Å². The summed E-state index contributed by atoms with van der Waals surface area (Å²) in [5, 5.41) is 3.50. The van der Waals surface area contributed by atoms with E-state index in [2.05, 4.69) is 33.1 Å². The second kappa shape index (κ2) is 6.52. The van der Waals surface area contributed by atoms with Crippen molar-refractivity contribution in [2.24, 2.45) is 17.8 Å². The number of rotatable bonds is 5. The lowest BCUT2D eigenvalue weighted by Crippen LogP contribution is -2.36. The zero-order valence-corrected chi connectivity index (χ0v) is 11.1.